The van der Waals surface area contributed by atoms with Gasteiger partial charge < -0.3 is 15.2 Å². The maximum Gasteiger partial charge on any atom is 0.233 e. The lowest BCUT2D eigenvalue weighted by Gasteiger charge is -2.38. The standard InChI is InChI=1S/C14H19NO3/c1-11-4-2-3-5-12(11)6-7-15-13(17)14(8-16)9-18-10-14/h2-5,16H,6-10H2,1H3,(H,15,17). The third kappa shape index (κ3) is 2.54. The minimum Gasteiger partial charge on any atom is -0.395 e. The summed E-state index contributed by atoms with van der Waals surface area (Å²) in [6.07, 6.45) is 0.806. The summed E-state index contributed by atoms with van der Waals surface area (Å²) in [6, 6.07) is 8.13. The summed E-state index contributed by atoms with van der Waals surface area (Å²) in [5, 5.41) is 12.1. The monoisotopic (exact) mass is 249 g/mol. The van der Waals surface area contributed by atoms with Crippen LogP contribution in [-0.2, 0) is 16.0 Å². The van der Waals surface area contributed by atoms with Crippen LogP contribution in [0.15, 0.2) is 24.3 Å². The summed E-state index contributed by atoms with van der Waals surface area (Å²) in [5.74, 6) is -0.107. The summed E-state index contributed by atoms with van der Waals surface area (Å²) < 4.78 is 5.01. The van der Waals surface area contributed by atoms with Gasteiger partial charge in [0.1, 0.15) is 5.41 Å². The van der Waals surface area contributed by atoms with E-state index in [0.29, 0.717) is 19.8 Å². The Morgan fingerprint density at radius 1 is 1.44 bits per heavy atom. The molecule has 0 radical (unpaired) electrons. The van der Waals surface area contributed by atoms with Gasteiger partial charge in [-0.3, -0.25) is 4.79 Å². The molecule has 0 aromatic heterocycles. The zero-order chi connectivity index (χ0) is 13.0. The van der Waals surface area contributed by atoms with E-state index in [1.165, 1.54) is 11.1 Å². The number of benzene rings is 1. The van der Waals surface area contributed by atoms with Crippen LogP contribution in [-0.4, -0.2) is 37.4 Å². The number of aliphatic hydroxyl groups is 1. The molecule has 0 aliphatic carbocycles. The lowest BCUT2D eigenvalue weighted by Crippen LogP contribution is -2.56. The Morgan fingerprint density at radius 2 is 2.17 bits per heavy atom. The van der Waals surface area contributed by atoms with Crippen LogP contribution in [0, 0.1) is 12.3 Å². The number of aryl methyl sites for hydroxylation is 1. The molecule has 2 N–H and O–H groups in total. The normalized spacial score (nSPS) is 17.0. The number of nitrogens with one attached hydrogen (secondary N) is 1. The Labute approximate surface area is 107 Å². The molecule has 1 amide bonds. The molecule has 1 aliphatic heterocycles. The molecule has 0 unspecified atom stereocenters. The molecule has 1 heterocycles. The summed E-state index contributed by atoms with van der Waals surface area (Å²) in [4.78, 5) is 11.9. The largest absolute Gasteiger partial charge is 0.395 e. The van der Waals surface area contributed by atoms with Crippen molar-refractivity contribution >= 4 is 5.91 Å². The van der Waals surface area contributed by atoms with E-state index in [1.54, 1.807) is 0 Å². The van der Waals surface area contributed by atoms with Crippen LogP contribution in [0.4, 0.5) is 0 Å². The van der Waals surface area contributed by atoms with Gasteiger partial charge in [-0.25, -0.2) is 0 Å². The lowest BCUT2D eigenvalue weighted by molar-refractivity contribution is -0.169. The van der Waals surface area contributed by atoms with Gasteiger partial charge in [0, 0.05) is 6.54 Å². The highest BCUT2D eigenvalue weighted by molar-refractivity contribution is 5.83. The average Bonchev–Trinajstić information content (AvgIpc) is 2.31. The predicted molar refractivity (Wildman–Crippen MR) is 68.2 cm³/mol. The van der Waals surface area contributed by atoms with E-state index in [2.05, 4.69) is 24.4 Å². The Balaban J connectivity index is 1.82. The molecule has 2 rings (SSSR count). The van der Waals surface area contributed by atoms with Crippen molar-refractivity contribution in [3.05, 3.63) is 35.4 Å². The van der Waals surface area contributed by atoms with Crippen LogP contribution in [0.5, 0.6) is 0 Å². The molecular formula is C14H19NO3. The topological polar surface area (TPSA) is 58.6 Å². The van der Waals surface area contributed by atoms with E-state index in [9.17, 15) is 9.90 Å². The zero-order valence-corrected chi connectivity index (χ0v) is 10.6. The Morgan fingerprint density at radius 3 is 2.72 bits per heavy atom. The number of carbonyl (C=O) groups is 1. The van der Waals surface area contributed by atoms with E-state index in [-0.39, 0.29) is 12.5 Å². The Kier molecular flexibility index (Phi) is 3.99. The summed E-state index contributed by atoms with van der Waals surface area (Å²) >= 11 is 0. The molecule has 0 bridgehead atoms. The van der Waals surface area contributed by atoms with E-state index in [1.807, 2.05) is 12.1 Å². The SMILES string of the molecule is Cc1ccccc1CCNC(=O)C1(CO)COC1. The van der Waals surface area contributed by atoms with Gasteiger partial charge in [0.25, 0.3) is 0 Å². The second-order valence-corrected chi connectivity index (χ2v) is 4.86. The molecule has 18 heavy (non-hydrogen) atoms. The van der Waals surface area contributed by atoms with Crippen LogP contribution in [0.1, 0.15) is 11.1 Å². The second-order valence-electron chi connectivity index (χ2n) is 4.86. The predicted octanol–water partition coefficient (Wildman–Crippen LogP) is 0.663. The number of hydrogen-bond donors (Lipinski definition) is 2. The molecule has 98 valence electrons. The Bertz CT molecular complexity index is 421. The van der Waals surface area contributed by atoms with Crippen molar-refractivity contribution in [2.75, 3.05) is 26.4 Å². The van der Waals surface area contributed by atoms with Crippen molar-refractivity contribution in [1.82, 2.24) is 5.32 Å². The Hall–Kier alpha value is -1.39. The average molecular weight is 249 g/mol. The molecule has 1 aromatic carbocycles. The molecule has 0 atom stereocenters. The number of rotatable bonds is 5. The van der Waals surface area contributed by atoms with E-state index >= 15 is 0 Å². The maximum absolute atomic E-state index is 11.9. The van der Waals surface area contributed by atoms with Gasteiger partial charge in [-0.05, 0) is 24.5 Å². The highest BCUT2D eigenvalue weighted by atomic mass is 16.5. The van der Waals surface area contributed by atoms with Gasteiger partial charge >= 0.3 is 0 Å². The van der Waals surface area contributed by atoms with Gasteiger partial charge in [0.15, 0.2) is 0 Å². The van der Waals surface area contributed by atoms with Crippen molar-refractivity contribution in [2.45, 2.75) is 13.3 Å². The van der Waals surface area contributed by atoms with Crippen LogP contribution in [0.3, 0.4) is 0 Å². The number of carbonyl (C=O) groups excluding carboxylic acids is 1. The molecule has 1 fully saturated rings. The number of amides is 1. The van der Waals surface area contributed by atoms with Crippen LogP contribution in [0.2, 0.25) is 0 Å². The van der Waals surface area contributed by atoms with Gasteiger partial charge in [0.05, 0.1) is 19.8 Å². The van der Waals surface area contributed by atoms with E-state index in [0.717, 1.165) is 6.42 Å². The van der Waals surface area contributed by atoms with Gasteiger partial charge in [-0.1, -0.05) is 24.3 Å². The molecule has 1 aliphatic rings. The first kappa shape index (κ1) is 13.1. The van der Waals surface area contributed by atoms with E-state index < -0.39 is 5.41 Å². The molecular weight excluding hydrogens is 230 g/mol. The highest BCUT2D eigenvalue weighted by Crippen LogP contribution is 2.26. The smallest absolute Gasteiger partial charge is 0.233 e. The fraction of sp³-hybridized carbons (Fsp3) is 0.500. The molecule has 1 aromatic rings. The summed E-state index contributed by atoms with van der Waals surface area (Å²) in [6.45, 7) is 3.14. The first-order chi connectivity index (χ1) is 8.68. The van der Waals surface area contributed by atoms with E-state index in [4.69, 9.17) is 4.74 Å². The molecule has 4 nitrogen and oxygen atoms in total. The first-order valence-corrected chi connectivity index (χ1v) is 6.19. The van der Waals surface area contributed by atoms with Crippen LogP contribution < -0.4 is 5.32 Å². The van der Waals surface area contributed by atoms with Crippen LogP contribution in [0.25, 0.3) is 0 Å². The number of ether oxygens (including phenoxy) is 1. The summed E-state index contributed by atoms with van der Waals surface area (Å²) in [7, 11) is 0. The minimum absolute atomic E-state index is 0.107. The van der Waals surface area contributed by atoms with Crippen LogP contribution >= 0.6 is 0 Å². The highest BCUT2D eigenvalue weighted by Gasteiger charge is 2.45. The quantitative estimate of drug-likeness (QED) is 0.806. The first-order valence-electron chi connectivity index (χ1n) is 6.19. The zero-order valence-electron chi connectivity index (χ0n) is 10.6. The maximum atomic E-state index is 11.9. The van der Waals surface area contributed by atoms with Gasteiger partial charge in [-0.15, -0.1) is 0 Å². The van der Waals surface area contributed by atoms with Crippen molar-refractivity contribution in [3.63, 3.8) is 0 Å². The van der Waals surface area contributed by atoms with Crippen molar-refractivity contribution in [1.29, 1.82) is 0 Å². The van der Waals surface area contributed by atoms with Crippen molar-refractivity contribution in [2.24, 2.45) is 5.41 Å². The minimum atomic E-state index is -0.703. The summed E-state index contributed by atoms with van der Waals surface area (Å²) in [5.41, 5.74) is 1.77. The molecule has 0 saturated carbocycles. The fourth-order valence-electron chi connectivity index (χ4n) is 2.03. The third-order valence-electron chi connectivity index (χ3n) is 3.48. The lowest BCUT2D eigenvalue weighted by atomic mass is 9.86. The molecule has 1 saturated heterocycles. The molecule has 4 heteroatoms. The molecule has 0 spiro atoms. The third-order valence-corrected chi connectivity index (χ3v) is 3.48. The fourth-order valence-corrected chi connectivity index (χ4v) is 2.03. The van der Waals surface area contributed by atoms with Gasteiger partial charge in [0.2, 0.25) is 5.91 Å². The van der Waals surface area contributed by atoms with Crippen molar-refractivity contribution < 1.29 is 14.6 Å². The van der Waals surface area contributed by atoms with Crippen molar-refractivity contribution in [3.8, 4) is 0 Å². The number of aliphatic hydroxyl groups excluding tert-OH is 1. The second kappa shape index (κ2) is 5.50. The number of hydrogen-bond acceptors (Lipinski definition) is 3. The van der Waals surface area contributed by atoms with Gasteiger partial charge in [-0.2, -0.15) is 0 Å².